The van der Waals surface area contributed by atoms with Gasteiger partial charge in [0.05, 0.1) is 29.1 Å². The second-order valence-corrected chi connectivity index (χ2v) is 12.2. The van der Waals surface area contributed by atoms with Gasteiger partial charge in [0, 0.05) is 17.6 Å². The van der Waals surface area contributed by atoms with Crippen LogP contribution in [0.3, 0.4) is 0 Å². The fourth-order valence-electron chi connectivity index (χ4n) is 7.21. The Balaban J connectivity index is 1.32. The zero-order valence-corrected chi connectivity index (χ0v) is 19.4. The summed E-state index contributed by atoms with van der Waals surface area (Å²) >= 11 is 0. The molecule has 33 heavy (non-hydrogen) atoms. The van der Waals surface area contributed by atoms with E-state index in [1.165, 1.54) is 24.3 Å². The average molecular weight is 468 g/mol. The fraction of sp³-hybridized carbons (Fsp3) is 0.625. The number of rotatable bonds is 6. The van der Waals surface area contributed by atoms with E-state index in [0.717, 1.165) is 44.9 Å². The normalized spacial score (nSPS) is 34.7. The van der Waals surface area contributed by atoms with Gasteiger partial charge < -0.3 is 10.2 Å². The maximum Gasteiger partial charge on any atom is 0.241 e. The van der Waals surface area contributed by atoms with Crippen molar-refractivity contribution in [1.82, 2.24) is 14.9 Å². The molecule has 2 N–H and O–H groups in total. The highest BCUT2D eigenvalue weighted by molar-refractivity contribution is 7.89. The van der Waals surface area contributed by atoms with E-state index in [4.69, 9.17) is 5.26 Å². The van der Waals surface area contributed by atoms with Crippen LogP contribution in [-0.4, -0.2) is 49.4 Å². The molecule has 4 bridgehead atoms. The van der Waals surface area contributed by atoms with Gasteiger partial charge in [0.2, 0.25) is 15.9 Å². The summed E-state index contributed by atoms with van der Waals surface area (Å²) in [7, 11) is -3.73. The van der Waals surface area contributed by atoms with Gasteiger partial charge in [0.25, 0.3) is 0 Å². The molecule has 3 atom stereocenters. The lowest BCUT2D eigenvalue weighted by Gasteiger charge is -2.62. The number of carbonyl (C=O) groups is 1. The maximum absolute atomic E-state index is 13.2. The number of amides is 1. The van der Waals surface area contributed by atoms with E-state index in [0.29, 0.717) is 30.4 Å². The van der Waals surface area contributed by atoms with Gasteiger partial charge in [0.1, 0.15) is 6.04 Å². The summed E-state index contributed by atoms with van der Waals surface area (Å²) < 4.78 is 29.5. The van der Waals surface area contributed by atoms with Crippen molar-refractivity contribution in [1.29, 1.82) is 10.5 Å². The Morgan fingerprint density at radius 1 is 1.09 bits per heavy atom. The van der Waals surface area contributed by atoms with Crippen LogP contribution in [0.2, 0.25) is 0 Å². The largest absolute Gasteiger partial charge is 0.326 e. The van der Waals surface area contributed by atoms with Crippen LogP contribution in [0.25, 0.3) is 0 Å². The SMILES string of the molecule is N#Cc1ccc(S(=O)(=O)NC23CC4CC(CC(NCC(=O)N5CCC[C@H]5C#N)(C4)C2)C3)cc1. The molecule has 1 amide bonds. The first-order chi connectivity index (χ1) is 15.8. The van der Waals surface area contributed by atoms with Crippen LogP contribution in [0.4, 0.5) is 0 Å². The van der Waals surface area contributed by atoms with E-state index in [1.807, 2.05) is 6.07 Å². The summed E-state index contributed by atoms with van der Waals surface area (Å²) in [4.78, 5) is 14.7. The van der Waals surface area contributed by atoms with Crippen LogP contribution in [0.15, 0.2) is 29.2 Å². The molecular weight excluding hydrogens is 438 g/mol. The van der Waals surface area contributed by atoms with Crippen molar-refractivity contribution in [3.05, 3.63) is 29.8 Å². The molecule has 1 heterocycles. The molecule has 0 spiro atoms. The smallest absolute Gasteiger partial charge is 0.241 e. The van der Waals surface area contributed by atoms with Crippen LogP contribution in [-0.2, 0) is 14.8 Å². The van der Waals surface area contributed by atoms with E-state index in [1.54, 1.807) is 4.90 Å². The maximum atomic E-state index is 13.2. The average Bonchev–Trinajstić information content (AvgIpc) is 3.25. The molecule has 1 aromatic rings. The van der Waals surface area contributed by atoms with Crippen LogP contribution in [0, 0.1) is 34.5 Å². The van der Waals surface area contributed by atoms with Gasteiger partial charge in [-0.3, -0.25) is 4.79 Å². The van der Waals surface area contributed by atoms with E-state index in [-0.39, 0.29) is 28.9 Å². The number of nitriles is 2. The molecule has 2 unspecified atom stereocenters. The zero-order valence-electron chi connectivity index (χ0n) is 18.6. The predicted octanol–water partition coefficient (Wildman–Crippen LogP) is 2.03. The Labute approximate surface area is 195 Å². The number of carbonyl (C=O) groups excluding carboxylic acids is 1. The van der Waals surface area contributed by atoms with Gasteiger partial charge in [-0.2, -0.15) is 10.5 Å². The third-order valence-electron chi connectivity index (χ3n) is 8.04. The first-order valence-electron chi connectivity index (χ1n) is 11.7. The third-order valence-corrected chi connectivity index (χ3v) is 9.64. The number of benzene rings is 1. The van der Waals surface area contributed by atoms with Crippen molar-refractivity contribution in [2.75, 3.05) is 13.1 Å². The van der Waals surface area contributed by atoms with Gasteiger partial charge in [-0.15, -0.1) is 0 Å². The topological polar surface area (TPSA) is 126 Å². The minimum atomic E-state index is -3.73. The van der Waals surface area contributed by atoms with Gasteiger partial charge >= 0.3 is 0 Å². The molecule has 1 saturated heterocycles. The molecule has 5 aliphatic rings. The lowest BCUT2D eigenvalue weighted by molar-refractivity contribution is -0.131. The van der Waals surface area contributed by atoms with E-state index >= 15 is 0 Å². The minimum Gasteiger partial charge on any atom is -0.326 e. The molecule has 5 fully saturated rings. The van der Waals surface area contributed by atoms with Gasteiger partial charge in [-0.25, -0.2) is 13.1 Å². The molecule has 1 aliphatic heterocycles. The molecule has 4 saturated carbocycles. The highest BCUT2D eigenvalue weighted by Gasteiger charge is 2.58. The van der Waals surface area contributed by atoms with Crippen molar-refractivity contribution in [2.24, 2.45) is 11.8 Å². The molecule has 0 radical (unpaired) electrons. The number of sulfonamides is 1. The van der Waals surface area contributed by atoms with Crippen LogP contribution < -0.4 is 10.0 Å². The van der Waals surface area contributed by atoms with Crippen LogP contribution in [0.5, 0.6) is 0 Å². The highest BCUT2D eigenvalue weighted by atomic mass is 32.2. The first-order valence-corrected chi connectivity index (χ1v) is 13.2. The van der Waals surface area contributed by atoms with Crippen molar-refractivity contribution >= 4 is 15.9 Å². The van der Waals surface area contributed by atoms with Crippen LogP contribution in [0.1, 0.15) is 56.9 Å². The van der Waals surface area contributed by atoms with Crippen molar-refractivity contribution in [2.45, 2.75) is 73.4 Å². The second kappa shape index (κ2) is 8.09. The molecule has 9 heteroatoms. The Bertz CT molecular complexity index is 1120. The van der Waals surface area contributed by atoms with Gasteiger partial charge in [-0.1, -0.05) is 0 Å². The number of hydrogen-bond acceptors (Lipinski definition) is 6. The molecule has 6 rings (SSSR count). The monoisotopic (exact) mass is 467 g/mol. The summed E-state index contributed by atoms with van der Waals surface area (Å²) in [6.07, 6.45) is 6.92. The Hall–Kier alpha value is -2.46. The number of hydrogen-bond donors (Lipinski definition) is 2. The Morgan fingerprint density at radius 2 is 1.76 bits per heavy atom. The zero-order chi connectivity index (χ0) is 23.3. The molecular formula is C24H29N5O3S. The number of likely N-dealkylation sites (tertiary alicyclic amines) is 1. The lowest BCUT2D eigenvalue weighted by Crippen LogP contribution is -2.69. The molecule has 4 aliphatic carbocycles. The number of nitrogens with one attached hydrogen (secondary N) is 2. The van der Waals surface area contributed by atoms with E-state index in [9.17, 15) is 18.5 Å². The quantitative estimate of drug-likeness (QED) is 0.659. The summed E-state index contributed by atoms with van der Waals surface area (Å²) in [6.45, 7) is 0.821. The summed E-state index contributed by atoms with van der Waals surface area (Å²) in [5, 5.41) is 21.8. The Kier molecular flexibility index (Phi) is 5.48. The van der Waals surface area contributed by atoms with Gasteiger partial charge in [0.15, 0.2) is 0 Å². The van der Waals surface area contributed by atoms with Crippen LogP contribution >= 0.6 is 0 Å². The minimum absolute atomic E-state index is 0.0398. The standard InChI is InChI=1S/C24H29N5O3S/c25-13-17-3-5-21(6-4-17)33(31,32)28-24-11-18-8-19(12-24)10-23(9-18,16-24)27-15-22(30)29-7-1-2-20(29)14-26/h3-6,18-20,27-28H,1-2,7-12,15-16H2/t18?,19?,20-,23?,24?/m0/s1. The lowest BCUT2D eigenvalue weighted by atomic mass is 9.50. The summed E-state index contributed by atoms with van der Waals surface area (Å²) in [5.74, 6) is 0.814. The summed E-state index contributed by atoms with van der Waals surface area (Å²) in [6, 6.07) is 9.92. The first kappa shape index (κ1) is 22.3. The molecule has 174 valence electrons. The molecule has 1 aromatic carbocycles. The Morgan fingerprint density at radius 3 is 2.39 bits per heavy atom. The summed E-state index contributed by atoms with van der Waals surface area (Å²) in [5.41, 5.74) is -0.349. The van der Waals surface area contributed by atoms with Crippen molar-refractivity contribution < 1.29 is 13.2 Å². The van der Waals surface area contributed by atoms with E-state index in [2.05, 4.69) is 16.1 Å². The molecule has 0 aromatic heterocycles. The van der Waals surface area contributed by atoms with E-state index < -0.39 is 15.6 Å². The molecule has 8 nitrogen and oxygen atoms in total. The predicted molar refractivity (Wildman–Crippen MR) is 120 cm³/mol. The van der Waals surface area contributed by atoms with Gasteiger partial charge in [-0.05, 0) is 87.5 Å². The van der Waals surface area contributed by atoms with Crippen molar-refractivity contribution in [3.8, 4) is 12.1 Å². The second-order valence-electron chi connectivity index (χ2n) is 10.5. The highest BCUT2D eigenvalue weighted by Crippen LogP contribution is 2.57. The third kappa shape index (κ3) is 4.14. The fourth-order valence-corrected chi connectivity index (χ4v) is 8.63. The number of nitrogens with zero attached hydrogens (tertiary/aromatic N) is 3. The van der Waals surface area contributed by atoms with Crippen molar-refractivity contribution in [3.63, 3.8) is 0 Å².